The molecule has 2 fully saturated rings. The van der Waals surface area contributed by atoms with Gasteiger partial charge in [0.1, 0.15) is 5.69 Å². The van der Waals surface area contributed by atoms with Gasteiger partial charge in [0.2, 0.25) is 0 Å². The Labute approximate surface area is 151 Å². The summed E-state index contributed by atoms with van der Waals surface area (Å²) in [6, 6.07) is 3.70. The number of anilines is 1. The lowest BCUT2D eigenvalue weighted by Gasteiger charge is -2.41. The first-order valence-electron chi connectivity index (χ1n) is 8.94. The van der Waals surface area contributed by atoms with Crippen molar-refractivity contribution >= 4 is 23.3 Å². The number of nitro groups is 1. The van der Waals surface area contributed by atoms with Crippen LogP contribution in [0.5, 0.6) is 0 Å². The van der Waals surface area contributed by atoms with Gasteiger partial charge in [-0.1, -0.05) is 19.3 Å². The number of hydrogen-bond donors (Lipinski definition) is 1. The summed E-state index contributed by atoms with van der Waals surface area (Å²) in [6.07, 6.45) is 5.91. The van der Waals surface area contributed by atoms with Crippen LogP contribution in [-0.2, 0) is 9.53 Å². The Bertz CT molecular complexity index is 721. The zero-order valence-corrected chi connectivity index (χ0v) is 14.6. The fraction of sp³-hybridized carbons (Fsp3) is 0.556. The van der Waals surface area contributed by atoms with Gasteiger partial charge in [0.15, 0.2) is 6.61 Å². The maximum atomic E-state index is 12.4. The van der Waals surface area contributed by atoms with Gasteiger partial charge in [0.05, 0.1) is 10.5 Å². The molecule has 2 N–H and O–H groups in total. The van der Waals surface area contributed by atoms with Crippen LogP contribution in [0.3, 0.4) is 0 Å². The van der Waals surface area contributed by atoms with Crippen LogP contribution in [0.1, 0.15) is 42.5 Å². The quantitative estimate of drug-likeness (QED) is 0.381. The third kappa shape index (κ3) is 3.95. The molecule has 1 aliphatic heterocycles. The van der Waals surface area contributed by atoms with Crippen molar-refractivity contribution in [3.8, 4) is 0 Å². The molecule has 1 aliphatic carbocycles. The first-order valence-corrected chi connectivity index (χ1v) is 8.94. The number of carbonyl (C=O) groups is 2. The Morgan fingerprint density at radius 1 is 1.23 bits per heavy atom. The van der Waals surface area contributed by atoms with E-state index >= 15 is 0 Å². The average molecular weight is 361 g/mol. The van der Waals surface area contributed by atoms with E-state index in [2.05, 4.69) is 0 Å². The molecule has 8 heteroatoms. The fourth-order valence-electron chi connectivity index (χ4n) is 3.96. The minimum absolute atomic E-state index is 0.00434. The highest BCUT2D eigenvalue weighted by molar-refractivity contribution is 5.92. The van der Waals surface area contributed by atoms with Crippen LogP contribution >= 0.6 is 0 Å². The maximum Gasteiger partial charge on any atom is 0.338 e. The zero-order chi connectivity index (χ0) is 18.7. The number of amides is 1. The van der Waals surface area contributed by atoms with E-state index in [0.29, 0.717) is 18.4 Å². The molecule has 2 atom stereocenters. The van der Waals surface area contributed by atoms with Gasteiger partial charge in [-0.25, -0.2) is 4.79 Å². The van der Waals surface area contributed by atoms with E-state index in [1.807, 2.05) is 0 Å². The van der Waals surface area contributed by atoms with Gasteiger partial charge < -0.3 is 15.4 Å². The number of nitrogens with two attached hydrogens (primary N) is 1. The normalized spacial score (nSPS) is 22.4. The summed E-state index contributed by atoms with van der Waals surface area (Å²) in [5.41, 5.74) is 5.13. The molecule has 3 rings (SSSR count). The van der Waals surface area contributed by atoms with Gasteiger partial charge in [-0.3, -0.25) is 14.9 Å². The number of benzene rings is 1. The second-order valence-electron chi connectivity index (χ2n) is 7.04. The molecule has 0 aromatic heterocycles. The van der Waals surface area contributed by atoms with Gasteiger partial charge in [-0.15, -0.1) is 0 Å². The van der Waals surface area contributed by atoms with Crippen LogP contribution in [0.4, 0.5) is 11.4 Å². The highest BCUT2D eigenvalue weighted by Crippen LogP contribution is 2.36. The summed E-state index contributed by atoms with van der Waals surface area (Å²) >= 11 is 0. The molecule has 1 heterocycles. The van der Waals surface area contributed by atoms with Crippen LogP contribution in [0.25, 0.3) is 0 Å². The highest BCUT2D eigenvalue weighted by Gasteiger charge is 2.33. The van der Waals surface area contributed by atoms with Gasteiger partial charge in [0.25, 0.3) is 11.6 Å². The molecule has 0 radical (unpaired) electrons. The molecule has 1 saturated heterocycles. The predicted octanol–water partition coefficient (Wildman–Crippen LogP) is 2.37. The second-order valence-corrected chi connectivity index (χ2v) is 7.04. The number of nitrogens with zero attached hydrogens (tertiary/aromatic N) is 2. The monoisotopic (exact) mass is 361 g/mol. The van der Waals surface area contributed by atoms with Crippen LogP contribution < -0.4 is 5.73 Å². The van der Waals surface area contributed by atoms with Crippen molar-refractivity contribution in [2.24, 2.45) is 11.8 Å². The van der Waals surface area contributed by atoms with E-state index in [0.717, 1.165) is 25.5 Å². The lowest BCUT2D eigenvalue weighted by molar-refractivity contribution is -0.383. The zero-order valence-electron chi connectivity index (χ0n) is 14.6. The van der Waals surface area contributed by atoms with Crippen molar-refractivity contribution in [2.45, 2.75) is 32.1 Å². The summed E-state index contributed by atoms with van der Waals surface area (Å²) in [6.45, 7) is 1.08. The minimum Gasteiger partial charge on any atom is -0.452 e. The third-order valence-electron chi connectivity index (χ3n) is 5.43. The number of nitrogen functional groups attached to an aromatic ring is 1. The topological polar surface area (TPSA) is 116 Å². The molecule has 0 spiro atoms. The molecule has 2 aliphatic rings. The highest BCUT2D eigenvalue weighted by atomic mass is 16.6. The van der Waals surface area contributed by atoms with E-state index < -0.39 is 10.9 Å². The molecule has 1 saturated carbocycles. The van der Waals surface area contributed by atoms with Crippen LogP contribution in [0.15, 0.2) is 18.2 Å². The van der Waals surface area contributed by atoms with Gasteiger partial charge in [0, 0.05) is 19.2 Å². The number of esters is 1. The predicted molar refractivity (Wildman–Crippen MR) is 94.4 cm³/mol. The van der Waals surface area contributed by atoms with E-state index in [1.165, 1.54) is 31.4 Å². The van der Waals surface area contributed by atoms with Crippen molar-refractivity contribution < 1.29 is 19.2 Å². The number of piperidine rings is 1. The van der Waals surface area contributed by atoms with Crippen molar-refractivity contribution in [1.29, 1.82) is 0 Å². The van der Waals surface area contributed by atoms with E-state index in [4.69, 9.17) is 10.5 Å². The van der Waals surface area contributed by atoms with Crippen LogP contribution in [0.2, 0.25) is 0 Å². The average Bonchev–Trinajstić information content (AvgIpc) is 2.65. The Morgan fingerprint density at radius 3 is 2.69 bits per heavy atom. The van der Waals surface area contributed by atoms with Gasteiger partial charge in [-0.2, -0.15) is 0 Å². The summed E-state index contributed by atoms with van der Waals surface area (Å²) in [7, 11) is 0. The molecule has 8 nitrogen and oxygen atoms in total. The Balaban J connectivity index is 1.55. The number of fused-ring (bicyclic) bond motifs is 1. The van der Waals surface area contributed by atoms with Gasteiger partial charge >= 0.3 is 5.97 Å². The number of hydrogen-bond acceptors (Lipinski definition) is 6. The molecule has 1 amide bonds. The number of carbonyl (C=O) groups excluding carboxylic acids is 2. The lowest BCUT2D eigenvalue weighted by atomic mass is 9.75. The molecule has 0 bridgehead atoms. The number of ether oxygens (including phenoxy) is 1. The lowest BCUT2D eigenvalue weighted by Crippen LogP contribution is -2.46. The Hall–Kier alpha value is -2.64. The summed E-state index contributed by atoms with van der Waals surface area (Å²) < 4.78 is 5.06. The molecule has 140 valence electrons. The molecule has 1 aromatic carbocycles. The summed E-state index contributed by atoms with van der Waals surface area (Å²) in [5.74, 6) is 0.281. The molecule has 26 heavy (non-hydrogen) atoms. The molecule has 1 aromatic rings. The molecule has 0 unspecified atom stereocenters. The number of rotatable bonds is 4. The standard InChI is InChI=1S/C18H23N3O5/c19-15-6-5-13(9-16(15)21(24)25)18(23)26-11-17(22)20-8-7-12-3-1-2-4-14(12)10-20/h5-6,9,12,14H,1-4,7-8,10-11,19H2/t12-,14+/m1/s1. The van der Waals surface area contributed by atoms with Crippen molar-refractivity contribution in [3.05, 3.63) is 33.9 Å². The summed E-state index contributed by atoms with van der Waals surface area (Å²) in [4.78, 5) is 36.5. The van der Waals surface area contributed by atoms with Crippen molar-refractivity contribution in [2.75, 3.05) is 25.4 Å². The molecular formula is C18H23N3O5. The van der Waals surface area contributed by atoms with Gasteiger partial charge in [-0.05, 0) is 36.8 Å². The Morgan fingerprint density at radius 2 is 1.96 bits per heavy atom. The fourth-order valence-corrected chi connectivity index (χ4v) is 3.96. The maximum absolute atomic E-state index is 12.4. The largest absolute Gasteiger partial charge is 0.452 e. The van der Waals surface area contributed by atoms with E-state index in [1.54, 1.807) is 4.90 Å². The van der Waals surface area contributed by atoms with Crippen LogP contribution in [-0.4, -0.2) is 41.4 Å². The van der Waals surface area contributed by atoms with Crippen molar-refractivity contribution in [1.82, 2.24) is 4.90 Å². The van der Waals surface area contributed by atoms with Crippen LogP contribution in [0, 0.1) is 22.0 Å². The number of likely N-dealkylation sites (tertiary alicyclic amines) is 1. The smallest absolute Gasteiger partial charge is 0.338 e. The first-order chi connectivity index (χ1) is 12.5. The number of nitro benzene ring substituents is 1. The second kappa shape index (κ2) is 7.72. The third-order valence-corrected chi connectivity index (χ3v) is 5.43. The minimum atomic E-state index is -0.769. The van der Waals surface area contributed by atoms with Crippen molar-refractivity contribution in [3.63, 3.8) is 0 Å². The van der Waals surface area contributed by atoms with E-state index in [9.17, 15) is 19.7 Å². The van der Waals surface area contributed by atoms with E-state index in [-0.39, 0.29) is 29.5 Å². The first kappa shape index (κ1) is 18.2. The Kier molecular flexibility index (Phi) is 5.39. The summed E-state index contributed by atoms with van der Waals surface area (Å²) in [5, 5.41) is 10.9. The molecular weight excluding hydrogens is 338 g/mol. The SMILES string of the molecule is Nc1ccc(C(=O)OCC(=O)N2CC[C@H]3CCCC[C@H]3C2)cc1[N+](=O)[O-].